The molecule has 1 aromatic rings. The van der Waals surface area contributed by atoms with Crippen LogP contribution in [0.5, 0.6) is 5.75 Å². The monoisotopic (exact) mass is 257 g/mol. The SMILES string of the molecule is C#CC1CC(=O)N(c2ccc(OC(C)(C)C)cc2)C1. The quantitative estimate of drug-likeness (QED) is 0.762. The number of carbonyl (C=O) groups is 1. The highest BCUT2D eigenvalue weighted by atomic mass is 16.5. The molecule has 1 aliphatic heterocycles. The summed E-state index contributed by atoms with van der Waals surface area (Å²) < 4.78 is 5.75. The Labute approximate surface area is 114 Å². The Balaban J connectivity index is 2.11. The summed E-state index contributed by atoms with van der Waals surface area (Å²) in [6.07, 6.45) is 5.82. The Kier molecular flexibility index (Phi) is 3.53. The first-order valence-electron chi connectivity index (χ1n) is 6.44. The number of ether oxygens (including phenoxy) is 1. The fourth-order valence-electron chi connectivity index (χ4n) is 2.12. The van der Waals surface area contributed by atoms with Crippen molar-refractivity contribution in [3.8, 4) is 18.1 Å². The average Bonchev–Trinajstić information content (AvgIpc) is 2.70. The van der Waals surface area contributed by atoms with E-state index in [1.54, 1.807) is 4.90 Å². The predicted octanol–water partition coefficient (Wildman–Crippen LogP) is 2.85. The minimum Gasteiger partial charge on any atom is -0.488 e. The van der Waals surface area contributed by atoms with Gasteiger partial charge < -0.3 is 9.64 Å². The lowest BCUT2D eigenvalue weighted by atomic mass is 10.1. The van der Waals surface area contributed by atoms with Gasteiger partial charge in [-0.05, 0) is 45.0 Å². The number of rotatable bonds is 2. The maximum absolute atomic E-state index is 11.9. The lowest BCUT2D eigenvalue weighted by molar-refractivity contribution is -0.117. The van der Waals surface area contributed by atoms with Gasteiger partial charge in [-0.3, -0.25) is 4.79 Å². The van der Waals surface area contributed by atoms with E-state index in [4.69, 9.17) is 11.2 Å². The first-order valence-corrected chi connectivity index (χ1v) is 6.44. The highest BCUT2D eigenvalue weighted by Gasteiger charge is 2.29. The van der Waals surface area contributed by atoms with E-state index in [0.29, 0.717) is 13.0 Å². The lowest BCUT2D eigenvalue weighted by Gasteiger charge is -2.22. The summed E-state index contributed by atoms with van der Waals surface area (Å²) in [6, 6.07) is 7.57. The van der Waals surface area contributed by atoms with Gasteiger partial charge >= 0.3 is 0 Å². The van der Waals surface area contributed by atoms with Crippen molar-refractivity contribution in [1.82, 2.24) is 0 Å². The van der Waals surface area contributed by atoms with Crippen LogP contribution in [0.1, 0.15) is 27.2 Å². The van der Waals surface area contributed by atoms with Gasteiger partial charge in [0.15, 0.2) is 0 Å². The molecule has 1 saturated heterocycles. The molecule has 2 rings (SSSR count). The molecule has 1 fully saturated rings. The fourth-order valence-corrected chi connectivity index (χ4v) is 2.12. The molecule has 1 unspecified atom stereocenters. The van der Waals surface area contributed by atoms with E-state index in [-0.39, 0.29) is 17.4 Å². The number of amides is 1. The van der Waals surface area contributed by atoms with Crippen molar-refractivity contribution in [3.05, 3.63) is 24.3 Å². The molecule has 0 bridgehead atoms. The van der Waals surface area contributed by atoms with Crippen molar-refractivity contribution < 1.29 is 9.53 Å². The fraction of sp³-hybridized carbons (Fsp3) is 0.438. The molecule has 1 heterocycles. The van der Waals surface area contributed by atoms with Gasteiger partial charge in [0, 0.05) is 24.6 Å². The van der Waals surface area contributed by atoms with Crippen LogP contribution in [-0.4, -0.2) is 18.1 Å². The zero-order valence-electron chi connectivity index (χ0n) is 11.6. The second-order valence-corrected chi connectivity index (χ2v) is 5.78. The highest BCUT2D eigenvalue weighted by molar-refractivity contribution is 5.96. The third-order valence-electron chi connectivity index (χ3n) is 2.93. The van der Waals surface area contributed by atoms with Crippen molar-refractivity contribution in [1.29, 1.82) is 0 Å². The smallest absolute Gasteiger partial charge is 0.228 e. The molecule has 19 heavy (non-hydrogen) atoms. The summed E-state index contributed by atoms with van der Waals surface area (Å²) in [7, 11) is 0. The van der Waals surface area contributed by atoms with Gasteiger partial charge in [0.1, 0.15) is 11.4 Å². The Morgan fingerprint density at radius 2 is 1.95 bits per heavy atom. The largest absolute Gasteiger partial charge is 0.488 e. The van der Waals surface area contributed by atoms with Crippen LogP contribution in [0.15, 0.2) is 24.3 Å². The number of carbonyl (C=O) groups excluding carboxylic acids is 1. The van der Waals surface area contributed by atoms with Gasteiger partial charge in [-0.1, -0.05) is 0 Å². The zero-order valence-corrected chi connectivity index (χ0v) is 11.6. The van der Waals surface area contributed by atoms with Crippen LogP contribution >= 0.6 is 0 Å². The molecule has 100 valence electrons. The standard InChI is InChI=1S/C16H19NO2/c1-5-12-10-15(18)17(11-12)13-6-8-14(9-7-13)19-16(2,3)4/h1,6-9,12H,10-11H2,2-4H3. The van der Waals surface area contributed by atoms with Crippen LogP contribution < -0.4 is 9.64 Å². The van der Waals surface area contributed by atoms with Gasteiger partial charge in [-0.2, -0.15) is 0 Å². The van der Waals surface area contributed by atoms with Crippen LogP contribution in [0.25, 0.3) is 0 Å². The second kappa shape index (κ2) is 4.97. The van der Waals surface area contributed by atoms with Crippen molar-refractivity contribution >= 4 is 11.6 Å². The van der Waals surface area contributed by atoms with Crippen molar-refractivity contribution in [2.24, 2.45) is 5.92 Å². The topological polar surface area (TPSA) is 29.5 Å². The number of terminal acetylenes is 1. The molecule has 1 aliphatic rings. The summed E-state index contributed by atoms with van der Waals surface area (Å²) in [5.74, 6) is 3.57. The summed E-state index contributed by atoms with van der Waals surface area (Å²) in [4.78, 5) is 13.6. The van der Waals surface area contributed by atoms with Crippen molar-refractivity contribution in [2.45, 2.75) is 32.8 Å². The van der Waals surface area contributed by atoms with E-state index in [1.807, 2.05) is 45.0 Å². The van der Waals surface area contributed by atoms with Crippen LogP contribution in [0.4, 0.5) is 5.69 Å². The van der Waals surface area contributed by atoms with E-state index in [2.05, 4.69) is 5.92 Å². The van der Waals surface area contributed by atoms with E-state index < -0.39 is 0 Å². The predicted molar refractivity (Wildman–Crippen MR) is 76.1 cm³/mol. The summed E-state index contributed by atoms with van der Waals surface area (Å²) >= 11 is 0. The molecule has 0 aromatic heterocycles. The maximum Gasteiger partial charge on any atom is 0.228 e. The second-order valence-electron chi connectivity index (χ2n) is 5.78. The number of hydrogen-bond donors (Lipinski definition) is 0. The highest BCUT2D eigenvalue weighted by Crippen LogP contribution is 2.27. The number of nitrogens with zero attached hydrogens (tertiary/aromatic N) is 1. The summed E-state index contributed by atoms with van der Waals surface area (Å²) in [5, 5.41) is 0. The van der Waals surface area contributed by atoms with Crippen molar-refractivity contribution in [2.75, 3.05) is 11.4 Å². The minimum absolute atomic E-state index is 0.0259. The Morgan fingerprint density at radius 3 is 2.42 bits per heavy atom. The van der Waals surface area contributed by atoms with Gasteiger partial charge in [0.2, 0.25) is 5.91 Å². The molecule has 0 aliphatic carbocycles. The summed E-state index contributed by atoms with van der Waals surface area (Å²) in [5.41, 5.74) is 0.656. The van der Waals surface area contributed by atoms with Gasteiger partial charge in [0.05, 0.1) is 0 Å². The minimum atomic E-state index is -0.223. The zero-order chi connectivity index (χ0) is 14.0. The number of anilines is 1. The third-order valence-corrected chi connectivity index (χ3v) is 2.93. The third kappa shape index (κ3) is 3.29. The molecule has 0 saturated carbocycles. The Morgan fingerprint density at radius 1 is 1.32 bits per heavy atom. The molecule has 1 aromatic carbocycles. The molecule has 0 radical (unpaired) electrons. The first kappa shape index (κ1) is 13.5. The molecule has 1 atom stereocenters. The van der Waals surface area contributed by atoms with E-state index in [0.717, 1.165) is 11.4 Å². The van der Waals surface area contributed by atoms with Gasteiger partial charge in [-0.15, -0.1) is 12.3 Å². The first-order chi connectivity index (χ1) is 8.89. The number of benzene rings is 1. The average molecular weight is 257 g/mol. The van der Waals surface area contributed by atoms with Gasteiger partial charge in [-0.25, -0.2) is 0 Å². The Hall–Kier alpha value is -1.95. The normalized spacial score (nSPS) is 19.4. The van der Waals surface area contributed by atoms with Crippen LogP contribution in [0.2, 0.25) is 0 Å². The maximum atomic E-state index is 11.9. The molecular weight excluding hydrogens is 238 g/mol. The molecule has 0 spiro atoms. The molecule has 3 heteroatoms. The van der Waals surface area contributed by atoms with E-state index in [1.165, 1.54) is 0 Å². The lowest BCUT2D eigenvalue weighted by Crippen LogP contribution is -2.25. The van der Waals surface area contributed by atoms with E-state index >= 15 is 0 Å². The van der Waals surface area contributed by atoms with Crippen LogP contribution in [0.3, 0.4) is 0 Å². The molecular formula is C16H19NO2. The van der Waals surface area contributed by atoms with Crippen LogP contribution in [0, 0.1) is 18.3 Å². The Bertz CT molecular complexity index is 505. The number of hydrogen-bond acceptors (Lipinski definition) is 2. The molecule has 0 N–H and O–H groups in total. The van der Waals surface area contributed by atoms with Crippen LogP contribution in [-0.2, 0) is 4.79 Å². The summed E-state index contributed by atoms with van der Waals surface area (Å²) in [6.45, 7) is 6.61. The van der Waals surface area contributed by atoms with Crippen molar-refractivity contribution in [3.63, 3.8) is 0 Å². The molecule has 3 nitrogen and oxygen atoms in total. The molecule has 1 amide bonds. The van der Waals surface area contributed by atoms with Gasteiger partial charge in [0.25, 0.3) is 0 Å². The van der Waals surface area contributed by atoms with E-state index in [9.17, 15) is 4.79 Å².